The van der Waals surface area contributed by atoms with Crippen LogP contribution in [0.4, 0.5) is 96.7 Å². The zero-order chi connectivity index (χ0) is 92.9. The minimum absolute atomic E-state index is 0.00303. The van der Waals surface area contributed by atoms with Gasteiger partial charge in [-0.15, -0.1) is 0 Å². The van der Waals surface area contributed by atoms with Crippen molar-refractivity contribution in [3.8, 4) is 63.0 Å². The molecule has 674 valence electrons. The molecule has 0 bridgehead atoms. The summed E-state index contributed by atoms with van der Waals surface area (Å²) in [6.45, 7) is 12.8. The predicted molar refractivity (Wildman–Crippen MR) is 488 cm³/mol. The van der Waals surface area contributed by atoms with Crippen LogP contribution in [0.2, 0.25) is 0 Å². The minimum atomic E-state index is -4.77. The lowest BCUT2D eigenvalue weighted by Gasteiger charge is -2.27. The normalized spacial score (nSPS) is 13.9. The number of anilines is 11. The largest absolute Gasteiger partial charge is 0.417 e. The van der Waals surface area contributed by atoms with Gasteiger partial charge in [-0.3, -0.25) is 85.3 Å². The Bertz CT molecular complexity index is 8340. The Morgan fingerprint density at radius 3 is 1.49 bits per heavy atom. The van der Waals surface area contributed by atoms with Gasteiger partial charge in [-0.2, -0.15) is 96.9 Å². The van der Waals surface area contributed by atoms with Crippen LogP contribution >= 0.6 is 0 Å². The van der Waals surface area contributed by atoms with E-state index in [2.05, 4.69) is 185 Å². The van der Waals surface area contributed by atoms with E-state index in [1.807, 2.05) is 71.6 Å². The first-order chi connectivity index (χ1) is 65.4. The van der Waals surface area contributed by atoms with Crippen LogP contribution in [0.15, 0.2) is 165 Å². The van der Waals surface area contributed by atoms with Crippen molar-refractivity contribution >= 4 is 147 Å². The molecule has 2 aliphatic heterocycles. The number of aromatic amines is 12. The molecule has 0 radical (unpaired) electrons. The average Bonchev–Trinajstić information content (AvgIpc) is 1.70. The summed E-state index contributed by atoms with van der Waals surface area (Å²) < 4.78 is 84.6. The number of hydrogen-bond donors (Lipinski definition) is 17. The molecule has 18 N–H and O–H groups in total. The van der Waals surface area contributed by atoms with Crippen molar-refractivity contribution in [3.63, 3.8) is 0 Å². The number of nitrogen functional groups attached to an aromatic ring is 1. The highest BCUT2D eigenvalue weighted by atomic mass is 19.4. The molecule has 2 saturated heterocycles. The van der Waals surface area contributed by atoms with Crippen molar-refractivity contribution in [2.75, 3.05) is 63.0 Å². The molecule has 3 aliphatic rings. The highest BCUT2D eigenvalue weighted by Crippen LogP contribution is 2.43. The topological polar surface area (TPSA) is 586 Å². The number of hydrogen-bond acceptors (Lipinski definition) is 29. The quantitative estimate of drug-likeness (QED) is 0.0335. The van der Waals surface area contributed by atoms with Crippen LogP contribution in [0, 0.1) is 23.8 Å². The monoisotopic (exact) mass is 1820 g/mol. The van der Waals surface area contributed by atoms with E-state index in [0.29, 0.717) is 122 Å². The van der Waals surface area contributed by atoms with Gasteiger partial charge in [-0.1, -0.05) is 43.3 Å². The molecule has 2 fully saturated rings. The summed E-state index contributed by atoms with van der Waals surface area (Å²) in [5, 5.41) is 74.3. The van der Waals surface area contributed by atoms with Crippen LogP contribution in [0.5, 0.6) is 0 Å². The molecule has 1 unspecified atom stereocenters. The first-order valence-corrected chi connectivity index (χ1v) is 42.0. The Hall–Kier alpha value is -18.4. The maximum atomic E-state index is 14.1. The maximum absolute atomic E-state index is 14.1. The third-order valence-corrected chi connectivity index (χ3v) is 22.9. The molecular formula is C87H70F6N38O4. The average molecular weight is 1830 g/mol. The number of pyridine rings is 1. The zero-order valence-corrected chi connectivity index (χ0v) is 70.3. The van der Waals surface area contributed by atoms with Gasteiger partial charge in [0.2, 0.25) is 35.7 Å². The van der Waals surface area contributed by atoms with E-state index in [4.69, 9.17) is 17.3 Å². The van der Waals surface area contributed by atoms with Crippen LogP contribution in [-0.2, 0) is 25.2 Å². The molecular weight excluding hydrogens is 1760 g/mol. The zero-order valence-electron chi connectivity index (χ0n) is 70.3. The number of fused-ring (bicyclic) bond motifs is 8. The number of H-pyrrole nitrogens is 12. The van der Waals surface area contributed by atoms with Gasteiger partial charge in [0.25, 0.3) is 22.2 Å². The number of nitriles is 1. The molecule has 20 aromatic rings. The summed E-state index contributed by atoms with van der Waals surface area (Å²) in [4.78, 5) is 113. The fraction of sp³-hybridized carbons (Fsp3) is 0.184. The van der Waals surface area contributed by atoms with Crippen molar-refractivity contribution < 1.29 is 26.3 Å². The predicted octanol–water partition coefficient (Wildman–Crippen LogP) is 14.0. The van der Waals surface area contributed by atoms with E-state index in [-0.39, 0.29) is 84.8 Å². The van der Waals surface area contributed by atoms with Crippen LogP contribution in [0.25, 0.3) is 138 Å². The molecule has 7 aromatic carbocycles. The van der Waals surface area contributed by atoms with Crippen molar-refractivity contribution in [1.82, 2.24) is 146 Å². The maximum Gasteiger partial charge on any atom is 0.417 e. The lowest BCUT2D eigenvalue weighted by molar-refractivity contribution is -0.137. The van der Waals surface area contributed by atoms with Crippen LogP contribution in [0.1, 0.15) is 73.4 Å². The number of nitrogens with one attached hydrogen (secondary N) is 16. The molecule has 13 aromatic heterocycles. The van der Waals surface area contributed by atoms with Gasteiger partial charge in [-0.25, -0.2) is 19.8 Å². The van der Waals surface area contributed by atoms with Gasteiger partial charge in [-0.05, 0) is 148 Å². The summed E-state index contributed by atoms with van der Waals surface area (Å²) in [5.41, 5.74) is 9.42. The Morgan fingerprint density at radius 1 is 0.452 bits per heavy atom. The molecule has 42 nitrogen and oxygen atoms in total. The van der Waals surface area contributed by atoms with Crippen molar-refractivity contribution in [1.29, 1.82) is 5.26 Å². The number of alkyl halides is 6. The van der Waals surface area contributed by atoms with E-state index in [0.717, 1.165) is 121 Å². The highest BCUT2D eigenvalue weighted by molar-refractivity contribution is 5.96. The van der Waals surface area contributed by atoms with Gasteiger partial charge in [0.15, 0.2) is 58.1 Å². The number of aryl methyl sites for hydroxylation is 1. The third-order valence-electron chi connectivity index (χ3n) is 22.9. The molecule has 0 spiro atoms. The SMILES string of the molecule is CC1CCN(c2nc(Nc3n[nH]c4ccccc34)nc(-c3cc4c(=O)[nH][nH]c4cc3C(F)(F)F)n2)C1.N#Cc1c(-c2ncnc(Nc3n[nH]c4c3CCCC4)n2)ccc2[nH][nH]c(=O)c12.Nc1cncc(-c2nc(Nc3n[nH]c4ccccc34)nc(-c3cc4c(=O)[nH][nH]c4cc3C(F)(F)F)n2)c1.[C-]#[N+]c1cc2[nH][nH]c(=O)c2cc1-c1nc(Nc2n[nH]c3ccccc23)nc(N2CCCCC2)n1. The fourth-order valence-corrected chi connectivity index (χ4v) is 16.3. The van der Waals surface area contributed by atoms with Gasteiger partial charge in [0.05, 0.1) is 89.1 Å². The Labute approximate surface area is 750 Å². The Kier molecular flexibility index (Phi) is 21.9. The highest BCUT2D eigenvalue weighted by Gasteiger charge is 2.38. The molecule has 1 aliphatic carbocycles. The molecule has 48 heteroatoms. The van der Waals surface area contributed by atoms with Gasteiger partial charge in [0, 0.05) is 93.8 Å². The second kappa shape index (κ2) is 34.9. The summed E-state index contributed by atoms with van der Waals surface area (Å²) in [7, 11) is 0. The first-order valence-electron chi connectivity index (χ1n) is 42.0. The van der Waals surface area contributed by atoms with Crippen molar-refractivity contribution in [3.05, 3.63) is 227 Å². The molecule has 23 rings (SSSR count). The first kappa shape index (κ1) is 84.7. The molecule has 0 saturated carbocycles. The smallest absolute Gasteiger partial charge is 0.397 e. The van der Waals surface area contributed by atoms with E-state index >= 15 is 0 Å². The summed E-state index contributed by atoms with van der Waals surface area (Å²) >= 11 is 0. The number of benzene rings is 7. The molecule has 15 heterocycles. The standard InChI is InChI=1S/C23H15F3N10O.C23H20F3N9O.C23H20N10O.C18H15N9O/c24-23(25,26)15-7-17-14(21(37)36-34-17)6-13(15)19-29-18(10-5-11(27)9-28-8-10)30-22(31-19)32-20-12-3-1-2-4-16(12)33-35-20;1-11-6-7-35(10-11)22-29-18(13-8-14-17(32-34-20(14)36)9-15(13)23(24,25)26)27-21(30-22)28-19-12-4-2-3-5-16(12)31-33-19;1-24-17-12-18-15(21(34)32-30-18)11-14(17)19-25-22(28-23(27-19)33-9-5-2-6-10-33)26-20-13-7-3-4-8-16(13)29-31-20;19-7-11-9(5-6-13-14(11)17(28)27-25-13)15-20-8-21-18(22-15)23-16-10-3-1-2-4-12(10)24-26-16/h1-9H,27H2,(H2,34,36,37)(H2,29,30,31,32,33,35);2-5,8-9,11H,6-7,10H2,1H3,(H2,32,34,36)(H2,27,28,29,30,31,33);3-4,7-8,11-12H,2,5-6,9-10H2,(H2,30,32,34)(H2,25,26,27,28,29,31);5-6,8H,1-4H2,(H2,25,27,28)(H2,20,21,22,23,24,26). The number of halogens is 6. The number of nitrogens with two attached hydrogens (primary N) is 1. The Morgan fingerprint density at radius 2 is 0.941 bits per heavy atom. The fourth-order valence-electron chi connectivity index (χ4n) is 16.3. The minimum Gasteiger partial charge on any atom is -0.397 e. The third kappa shape index (κ3) is 17.1. The number of aromatic nitrogens is 29. The van der Waals surface area contributed by atoms with Crippen LogP contribution < -0.4 is 59.0 Å². The molecule has 1 atom stereocenters. The van der Waals surface area contributed by atoms with Gasteiger partial charge < -0.3 is 36.8 Å². The Balaban J connectivity index is 0.000000112. The van der Waals surface area contributed by atoms with E-state index in [1.165, 1.54) is 31.2 Å². The van der Waals surface area contributed by atoms with Crippen molar-refractivity contribution in [2.24, 2.45) is 5.92 Å². The summed E-state index contributed by atoms with van der Waals surface area (Å²) in [6, 6.07) is 36.7. The summed E-state index contributed by atoms with van der Waals surface area (Å²) in [6.07, 6.45) is 3.16. The number of piperidine rings is 1. The lowest BCUT2D eigenvalue weighted by atomic mass is 9.98. The van der Waals surface area contributed by atoms with E-state index in [9.17, 15) is 50.8 Å². The van der Waals surface area contributed by atoms with Crippen LogP contribution in [-0.4, -0.2) is 173 Å². The lowest BCUT2D eigenvalue weighted by Crippen LogP contribution is -2.31. The molecule has 135 heavy (non-hydrogen) atoms. The van der Waals surface area contributed by atoms with Crippen LogP contribution in [0.3, 0.4) is 0 Å². The second-order valence-corrected chi connectivity index (χ2v) is 31.7. The second-order valence-electron chi connectivity index (χ2n) is 31.7. The number of para-hydroxylation sites is 3. The molecule has 0 amide bonds. The van der Waals surface area contributed by atoms with Crippen molar-refractivity contribution in [2.45, 2.75) is 70.6 Å². The summed E-state index contributed by atoms with van der Waals surface area (Å²) in [5.74, 6) is 4.03. The number of nitrogens with zero attached hydrogens (tertiary/aromatic N) is 21. The van der Waals surface area contributed by atoms with E-state index in [1.54, 1.807) is 30.3 Å². The van der Waals surface area contributed by atoms with Gasteiger partial charge >= 0.3 is 12.4 Å². The van der Waals surface area contributed by atoms with E-state index < -0.39 is 40.2 Å². The van der Waals surface area contributed by atoms with Gasteiger partial charge in [0.1, 0.15) is 12.4 Å². The number of rotatable bonds is 15.